The molecule has 3 nitrogen and oxygen atoms in total. The minimum absolute atomic E-state index is 0. The highest BCUT2D eigenvalue weighted by Gasteiger charge is 2.52. The van der Waals surface area contributed by atoms with E-state index >= 15 is 0 Å². The second-order valence-corrected chi connectivity index (χ2v) is 12.7. The zero-order chi connectivity index (χ0) is 21.8. The van der Waals surface area contributed by atoms with Crippen LogP contribution in [0, 0.1) is 0 Å². The monoisotopic (exact) mass is 568 g/mol. The molecule has 0 atom stereocenters. The van der Waals surface area contributed by atoms with Gasteiger partial charge in [0, 0.05) is 6.42 Å². The van der Waals surface area contributed by atoms with Gasteiger partial charge in [-0.25, -0.2) is 0 Å². The Morgan fingerprint density at radius 2 is 1.19 bits per heavy atom. The van der Waals surface area contributed by atoms with Gasteiger partial charge >= 0.3 is 5.97 Å². The van der Waals surface area contributed by atoms with E-state index in [2.05, 4.69) is 60.7 Å². The summed E-state index contributed by atoms with van der Waals surface area (Å²) in [5.41, 5.74) is 0.656. The minimum Gasteiger partial charge on any atom is -1.00 e. The van der Waals surface area contributed by atoms with E-state index in [1.807, 2.05) is 0 Å². The van der Waals surface area contributed by atoms with Gasteiger partial charge in [-0.1, -0.05) is 74.9 Å². The van der Waals surface area contributed by atoms with Gasteiger partial charge in [0.2, 0.25) is 0 Å². The number of ether oxygens (including phenoxy) is 1. The fraction of sp³-hybridized carbons (Fsp3) is 0.519. The molecule has 0 unspecified atom stereocenters. The normalized spacial score (nSPS) is 13.9. The predicted molar refractivity (Wildman–Crippen MR) is 132 cm³/mol. The molecule has 1 aliphatic rings. The summed E-state index contributed by atoms with van der Waals surface area (Å²) in [5.74, 6) is -0.668. The molecule has 1 fully saturated rings. The smallest absolute Gasteiger partial charge is 0.303 e. The van der Waals surface area contributed by atoms with Crippen LogP contribution in [0.15, 0.2) is 60.7 Å². The molecular weight excluding hydrogens is 530 g/mol. The number of halogens is 1. The van der Waals surface area contributed by atoms with Crippen molar-refractivity contribution >= 4 is 23.8 Å². The van der Waals surface area contributed by atoms with E-state index in [4.69, 9.17) is 9.84 Å². The van der Waals surface area contributed by atoms with Crippen molar-refractivity contribution in [1.29, 1.82) is 0 Å². The Hall–Kier alpha value is -0.970. The highest BCUT2D eigenvalue weighted by Crippen LogP contribution is 2.63. The topological polar surface area (TPSA) is 46.5 Å². The summed E-state index contributed by atoms with van der Waals surface area (Å²) < 4.78 is 5.69. The van der Waals surface area contributed by atoms with Crippen LogP contribution in [0.3, 0.4) is 0 Å². The number of hydrogen-bond donors (Lipinski definition) is 1. The molecule has 32 heavy (non-hydrogen) atoms. The minimum atomic E-state index is -1.46. The van der Waals surface area contributed by atoms with E-state index < -0.39 is 13.2 Å². The molecule has 2 aromatic rings. The van der Waals surface area contributed by atoms with Gasteiger partial charge in [0.15, 0.2) is 0 Å². The van der Waals surface area contributed by atoms with Gasteiger partial charge in [0.05, 0.1) is 37.2 Å². The standard InChI is InChI=1S/C27H37O3P.HI/c28-27(29)20-14-6-4-2-1-3-5-7-15-21-31(26-22-30-23-26,24-16-10-8-11-17-24)25-18-12-9-13-19-25;/h8-13,16-19,26H,1-7,14-15,20-23H2;1H. The highest BCUT2D eigenvalue weighted by atomic mass is 127. The molecule has 1 heterocycles. The van der Waals surface area contributed by atoms with Crippen molar-refractivity contribution < 1.29 is 38.6 Å². The first kappa shape index (κ1) is 27.3. The van der Waals surface area contributed by atoms with E-state index in [1.54, 1.807) is 0 Å². The van der Waals surface area contributed by atoms with E-state index in [1.165, 1.54) is 61.7 Å². The largest absolute Gasteiger partial charge is 1.00 e. The third-order valence-electron chi connectivity index (χ3n) is 6.58. The fourth-order valence-corrected chi connectivity index (χ4v) is 9.63. The summed E-state index contributed by atoms with van der Waals surface area (Å²) in [6.07, 6.45) is 12.4. The molecule has 1 N–H and O–H groups in total. The maximum Gasteiger partial charge on any atom is 0.303 e. The second-order valence-electron chi connectivity index (χ2n) is 8.78. The maximum atomic E-state index is 10.5. The Labute approximate surface area is 211 Å². The molecule has 1 aliphatic heterocycles. The van der Waals surface area contributed by atoms with Gasteiger partial charge in [0.25, 0.3) is 0 Å². The van der Waals surface area contributed by atoms with Gasteiger partial charge < -0.3 is 33.8 Å². The lowest BCUT2D eigenvalue weighted by Crippen LogP contribution is -3.00. The lowest BCUT2D eigenvalue weighted by atomic mass is 10.1. The van der Waals surface area contributed by atoms with Gasteiger partial charge in [-0.3, -0.25) is 4.79 Å². The third-order valence-corrected chi connectivity index (χ3v) is 11.6. The van der Waals surface area contributed by atoms with Gasteiger partial charge in [-0.2, -0.15) is 0 Å². The SMILES string of the molecule is O=C(O)CCCCCCCCCCC[P+](c1ccccc1)(c1ccccc1)C1COC1.[I-]. The van der Waals surface area contributed by atoms with E-state index in [-0.39, 0.29) is 24.0 Å². The molecule has 0 aliphatic carbocycles. The summed E-state index contributed by atoms with van der Waals surface area (Å²) in [7, 11) is -1.46. The summed E-state index contributed by atoms with van der Waals surface area (Å²) in [5, 5.41) is 11.8. The van der Waals surface area contributed by atoms with Crippen LogP contribution in [0.5, 0.6) is 0 Å². The first-order valence-electron chi connectivity index (χ1n) is 12.0. The van der Waals surface area contributed by atoms with Crippen LogP contribution < -0.4 is 34.6 Å². The van der Waals surface area contributed by atoms with Crippen molar-refractivity contribution in [3.05, 3.63) is 60.7 Å². The van der Waals surface area contributed by atoms with Crippen LogP contribution in [0.25, 0.3) is 0 Å². The Kier molecular flexibility index (Phi) is 12.8. The molecule has 176 valence electrons. The van der Waals surface area contributed by atoms with Crippen LogP contribution in [-0.4, -0.2) is 36.1 Å². The van der Waals surface area contributed by atoms with E-state index in [9.17, 15) is 4.79 Å². The van der Waals surface area contributed by atoms with Crippen LogP contribution in [0.2, 0.25) is 0 Å². The van der Waals surface area contributed by atoms with Crippen LogP contribution in [0.1, 0.15) is 64.2 Å². The zero-order valence-corrected chi connectivity index (χ0v) is 22.2. The first-order valence-corrected chi connectivity index (χ1v) is 14.1. The summed E-state index contributed by atoms with van der Waals surface area (Å²) in [6.45, 7) is 1.80. The Morgan fingerprint density at radius 3 is 1.59 bits per heavy atom. The summed E-state index contributed by atoms with van der Waals surface area (Å²) >= 11 is 0. The average Bonchev–Trinajstić information content (AvgIpc) is 2.76. The average molecular weight is 568 g/mol. The van der Waals surface area contributed by atoms with E-state index in [0.29, 0.717) is 12.1 Å². The van der Waals surface area contributed by atoms with Crippen molar-refractivity contribution in [2.45, 2.75) is 69.9 Å². The number of aliphatic carboxylic acids is 1. The van der Waals surface area contributed by atoms with Gasteiger partial charge in [0.1, 0.15) is 5.66 Å². The van der Waals surface area contributed by atoms with Gasteiger partial charge in [-0.05, 0) is 43.5 Å². The number of rotatable bonds is 15. The quantitative estimate of drug-likeness (QED) is 0.204. The highest BCUT2D eigenvalue weighted by molar-refractivity contribution is 7.90. The zero-order valence-electron chi connectivity index (χ0n) is 19.1. The summed E-state index contributed by atoms with van der Waals surface area (Å²) in [4.78, 5) is 10.5. The molecule has 0 spiro atoms. The molecule has 0 amide bonds. The van der Waals surface area contributed by atoms with Crippen molar-refractivity contribution in [2.24, 2.45) is 0 Å². The molecular formula is C27H38IO3P. The van der Waals surface area contributed by atoms with Crippen LogP contribution in [0.4, 0.5) is 0 Å². The molecule has 2 aromatic carbocycles. The molecule has 3 rings (SSSR count). The van der Waals surface area contributed by atoms with E-state index in [0.717, 1.165) is 26.1 Å². The molecule has 0 bridgehead atoms. The molecule has 0 radical (unpaired) electrons. The third kappa shape index (κ3) is 7.81. The molecule has 1 saturated heterocycles. The van der Waals surface area contributed by atoms with Crippen LogP contribution >= 0.6 is 7.26 Å². The number of benzene rings is 2. The van der Waals surface area contributed by atoms with Crippen LogP contribution in [-0.2, 0) is 9.53 Å². The number of unbranched alkanes of at least 4 members (excludes halogenated alkanes) is 8. The molecule has 5 heteroatoms. The first-order chi connectivity index (χ1) is 15.2. The number of carbonyl (C=O) groups is 1. The lowest BCUT2D eigenvalue weighted by molar-refractivity contribution is -0.137. The van der Waals surface area contributed by atoms with Crippen molar-refractivity contribution in [3.8, 4) is 0 Å². The lowest BCUT2D eigenvalue weighted by Gasteiger charge is -2.39. The fourth-order valence-electron chi connectivity index (χ4n) is 4.75. The number of hydrogen-bond acceptors (Lipinski definition) is 2. The maximum absolute atomic E-state index is 10.5. The Morgan fingerprint density at radius 1 is 0.750 bits per heavy atom. The van der Waals surface area contributed by atoms with Crippen molar-refractivity contribution in [1.82, 2.24) is 0 Å². The number of carboxylic acids is 1. The Balaban J connectivity index is 0.00000363. The second kappa shape index (κ2) is 15.0. The Bertz CT molecular complexity index is 725. The van der Waals surface area contributed by atoms with Crippen molar-refractivity contribution in [3.63, 3.8) is 0 Å². The molecule has 0 aromatic heterocycles. The van der Waals surface area contributed by atoms with Crippen molar-refractivity contribution in [2.75, 3.05) is 19.4 Å². The van der Waals surface area contributed by atoms with Gasteiger partial charge in [-0.15, -0.1) is 0 Å². The number of carboxylic acid groups (broad SMARTS) is 1. The summed E-state index contributed by atoms with van der Waals surface area (Å²) in [6, 6.07) is 22.4. The predicted octanol–water partition coefficient (Wildman–Crippen LogP) is 3.04. The molecule has 0 saturated carbocycles.